The molecule has 0 spiro atoms. The van der Waals surface area contributed by atoms with E-state index in [9.17, 15) is 0 Å². The van der Waals surface area contributed by atoms with E-state index in [2.05, 4.69) is 5.32 Å². The molecule has 1 aliphatic rings. The summed E-state index contributed by atoms with van der Waals surface area (Å²) in [6.45, 7) is 2.02. The molecule has 0 aromatic heterocycles. The van der Waals surface area contributed by atoms with E-state index in [1.807, 2.05) is 12.1 Å². The SMILES string of the molecule is COc1cc(OC)c(C2CCNC2)c(OC)c1. The van der Waals surface area contributed by atoms with Crippen LogP contribution in [0.1, 0.15) is 17.9 Å². The normalized spacial score (nSPS) is 19.1. The van der Waals surface area contributed by atoms with E-state index in [0.29, 0.717) is 5.92 Å². The Morgan fingerprint density at radius 3 is 2.12 bits per heavy atom. The molecule has 4 nitrogen and oxygen atoms in total. The van der Waals surface area contributed by atoms with Gasteiger partial charge in [-0.05, 0) is 13.0 Å². The van der Waals surface area contributed by atoms with Crippen molar-refractivity contribution in [2.45, 2.75) is 12.3 Å². The molecule has 1 aliphatic heterocycles. The fraction of sp³-hybridized carbons (Fsp3) is 0.538. The van der Waals surface area contributed by atoms with Gasteiger partial charge in [-0.2, -0.15) is 0 Å². The second-order valence-electron chi connectivity index (χ2n) is 4.14. The molecule has 0 bridgehead atoms. The van der Waals surface area contributed by atoms with Gasteiger partial charge >= 0.3 is 0 Å². The van der Waals surface area contributed by atoms with Crippen molar-refractivity contribution < 1.29 is 14.2 Å². The lowest BCUT2D eigenvalue weighted by molar-refractivity contribution is 0.365. The van der Waals surface area contributed by atoms with E-state index in [-0.39, 0.29) is 0 Å². The zero-order valence-corrected chi connectivity index (χ0v) is 10.6. The maximum absolute atomic E-state index is 5.45. The minimum atomic E-state index is 0.450. The number of nitrogens with one attached hydrogen (secondary N) is 1. The third kappa shape index (κ3) is 2.31. The highest BCUT2D eigenvalue weighted by molar-refractivity contribution is 5.53. The van der Waals surface area contributed by atoms with Gasteiger partial charge in [0, 0.05) is 30.2 Å². The largest absolute Gasteiger partial charge is 0.496 e. The van der Waals surface area contributed by atoms with Crippen molar-refractivity contribution >= 4 is 0 Å². The minimum absolute atomic E-state index is 0.450. The average Bonchev–Trinajstić information content (AvgIpc) is 2.90. The van der Waals surface area contributed by atoms with Gasteiger partial charge in [-0.3, -0.25) is 0 Å². The van der Waals surface area contributed by atoms with Crippen LogP contribution in [0, 0.1) is 0 Å². The van der Waals surface area contributed by atoms with Crippen LogP contribution in [0.2, 0.25) is 0 Å². The Morgan fingerprint density at radius 2 is 1.71 bits per heavy atom. The first-order valence-electron chi connectivity index (χ1n) is 5.80. The lowest BCUT2D eigenvalue weighted by Crippen LogP contribution is -2.10. The number of ether oxygens (including phenoxy) is 3. The molecule has 0 amide bonds. The van der Waals surface area contributed by atoms with Crippen LogP contribution in [0.4, 0.5) is 0 Å². The Labute approximate surface area is 102 Å². The molecule has 1 fully saturated rings. The molecular weight excluding hydrogens is 218 g/mol. The molecule has 2 rings (SSSR count). The van der Waals surface area contributed by atoms with Crippen LogP contribution in [0.5, 0.6) is 17.2 Å². The molecule has 94 valence electrons. The summed E-state index contributed by atoms with van der Waals surface area (Å²) in [7, 11) is 5.01. The summed E-state index contributed by atoms with van der Waals surface area (Å²) in [5.74, 6) is 2.89. The maximum atomic E-state index is 5.45. The Morgan fingerprint density at radius 1 is 1.06 bits per heavy atom. The minimum Gasteiger partial charge on any atom is -0.496 e. The molecule has 4 heteroatoms. The summed E-state index contributed by atoms with van der Waals surface area (Å²) < 4.78 is 16.2. The van der Waals surface area contributed by atoms with E-state index in [0.717, 1.165) is 42.3 Å². The van der Waals surface area contributed by atoms with Gasteiger partial charge in [0.1, 0.15) is 17.2 Å². The van der Waals surface area contributed by atoms with Crippen LogP contribution in [0.15, 0.2) is 12.1 Å². The third-order valence-corrected chi connectivity index (χ3v) is 3.22. The fourth-order valence-corrected chi connectivity index (χ4v) is 2.34. The Balaban J connectivity index is 2.45. The molecule has 17 heavy (non-hydrogen) atoms. The van der Waals surface area contributed by atoms with Gasteiger partial charge in [0.05, 0.1) is 21.3 Å². The summed E-state index contributed by atoms with van der Waals surface area (Å²) in [6.07, 6.45) is 1.11. The first kappa shape index (κ1) is 12.0. The third-order valence-electron chi connectivity index (χ3n) is 3.22. The summed E-state index contributed by atoms with van der Waals surface area (Å²) in [6, 6.07) is 3.83. The topological polar surface area (TPSA) is 39.7 Å². The number of hydrogen-bond acceptors (Lipinski definition) is 4. The van der Waals surface area contributed by atoms with Gasteiger partial charge in [-0.15, -0.1) is 0 Å². The molecule has 1 aromatic rings. The summed E-state index contributed by atoms with van der Waals surface area (Å²) in [4.78, 5) is 0. The zero-order valence-electron chi connectivity index (χ0n) is 10.6. The van der Waals surface area contributed by atoms with Crippen LogP contribution in [-0.2, 0) is 0 Å². The van der Waals surface area contributed by atoms with E-state index < -0.39 is 0 Å². The van der Waals surface area contributed by atoms with Crippen molar-refractivity contribution in [3.05, 3.63) is 17.7 Å². The fourth-order valence-electron chi connectivity index (χ4n) is 2.34. The number of methoxy groups -OCH3 is 3. The van der Waals surface area contributed by atoms with E-state index in [4.69, 9.17) is 14.2 Å². The second kappa shape index (κ2) is 5.27. The molecular formula is C13H19NO3. The van der Waals surface area contributed by atoms with Crippen molar-refractivity contribution in [3.63, 3.8) is 0 Å². The van der Waals surface area contributed by atoms with E-state index in [1.165, 1.54) is 0 Å². The van der Waals surface area contributed by atoms with E-state index in [1.54, 1.807) is 21.3 Å². The van der Waals surface area contributed by atoms with Crippen LogP contribution in [0.3, 0.4) is 0 Å². The first-order valence-corrected chi connectivity index (χ1v) is 5.80. The number of rotatable bonds is 4. The Bertz CT molecular complexity index is 361. The summed E-state index contributed by atoms with van der Waals surface area (Å²) in [5, 5.41) is 3.36. The molecule has 1 N–H and O–H groups in total. The average molecular weight is 237 g/mol. The lowest BCUT2D eigenvalue weighted by atomic mass is 9.96. The van der Waals surface area contributed by atoms with Crippen LogP contribution >= 0.6 is 0 Å². The van der Waals surface area contributed by atoms with Gasteiger partial charge < -0.3 is 19.5 Å². The van der Waals surface area contributed by atoms with Crippen LogP contribution in [0.25, 0.3) is 0 Å². The quantitative estimate of drug-likeness (QED) is 0.866. The first-order chi connectivity index (χ1) is 8.30. The lowest BCUT2D eigenvalue weighted by Gasteiger charge is -2.18. The van der Waals surface area contributed by atoms with Crippen molar-refractivity contribution in [2.24, 2.45) is 0 Å². The van der Waals surface area contributed by atoms with Gasteiger partial charge in [0.25, 0.3) is 0 Å². The standard InChI is InChI=1S/C13H19NO3/c1-15-10-6-11(16-2)13(12(7-10)17-3)9-4-5-14-8-9/h6-7,9,14H,4-5,8H2,1-3H3. The van der Waals surface area contributed by atoms with E-state index >= 15 is 0 Å². The van der Waals surface area contributed by atoms with Gasteiger partial charge in [-0.1, -0.05) is 0 Å². The molecule has 0 saturated carbocycles. The molecule has 0 radical (unpaired) electrons. The molecule has 1 unspecified atom stereocenters. The number of benzene rings is 1. The second-order valence-corrected chi connectivity index (χ2v) is 4.14. The Hall–Kier alpha value is -1.42. The van der Waals surface area contributed by atoms with Crippen LogP contribution < -0.4 is 19.5 Å². The highest BCUT2D eigenvalue weighted by Gasteiger charge is 2.25. The van der Waals surface area contributed by atoms with Crippen molar-refractivity contribution in [3.8, 4) is 17.2 Å². The van der Waals surface area contributed by atoms with Gasteiger partial charge in [0.2, 0.25) is 0 Å². The zero-order chi connectivity index (χ0) is 12.3. The van der Waals surface area contributed by atoms with Crippen molar-refractivity contribution in [1.29, 1.82) is 0 Å². The predicted octanol–water partition coefficient (Wildman–Crippen LogP) is 1.79. The maximum Gasteiger partial charge on any atom is 0.129 e. The molecule has 1 heterocycles. The van der Waals surface area contributed by atoms with Crippen molar-refractivity contribution in [2.75, 3.05) is 34.4 Å². The smallest absolute Gasteiger partial charge is 0.129 e. The van der Waals surface area contributed by atoms with Gasteiger partial charge in [-0.25, -0.2) is 0 Å². The monoisotopic (exact) mass is 237 g/mol. The molecule has 1 atom stereocenters. The number of hydrogen-bond donors (Lipinski definition) is 1. The highest BCUT2D eigenvalue weighted by Crippen LogP contribution is 2.41. The van der Waals surface area contributed by atoms with Gasteiger partial charge in [0.15, 0.2) is 0 Å². The molecule has 0 aliphatic carbocycles. The summed E-state index contributed by atoms with van der Waals surface area (Å²) in [5.41, 5.74) is 1.14. The highest BCUT2D eigenvalue weighted by atomic mass is 16.5. The molecule has 1 aromatic carbocycles. The predicted molar refractivity (Wildman–Crippen MR) is 66.3 cm³/mol. The van der Waals surface area contributed by atoms with Crippen molar-refractivity contribution in [1.82, 2.24) is 5.32 Å². The Kier molecular flexibility index (Phi) is 3.74. The summed E-state index contributed by atoms with van der Waals surface area (Å²) >= 11 is 0. The molecule has 1 saturated heterocycles. The van der Waals surface area contributed by atoms with Crippen LogP contribution in [-0.4, -0.2) is 34.4 Å².